The Hall–Kier alpha value is -3.58. The summed E-state index contributed by atoms with van der Waals surface area (Å²) < 4.78 is 1.57. The fourth-order valence-electron chi connectivity index (χ4n) is 3.20. The molecule has 6 nitrogen and oxygen atoms in total. The van der Waals surface area contributed by atoms with Gasteiger partial charge < -0.3 is 5.32 Å². The summed E-state index contributed by atoms with van der Waals surface area (Å²) in [4.78, 5) is 24.5. The number of amides is 1. The molecule has 0 bridgehead atoms. The van der Waals surface area contributed by atoms with Crippen molar-refractivity contribution < 1.29 is 4.79 Å². The van der Waals surface area contributed by atoms with E-state index in [0.717, 1.165) is 22.4 Å². The van der Waals surface area contributed by atoms with Crippen LogP contribution in [0, 0.1) is 0 Å². The Morgan fingerprint density at radius 3 is 2.26 bits per heavy atom. The number of aromatic nitrogens is 3. The second kappa shape index (κ2) is 9.95. The Morgan fingerprint density at radius 1 is 0.903 bits per heavy atom. The SMILES string of the molecule is O=C(CSc1n[nH]c(=O)n1CCc1ccccc1)Nc1ccc(-c2ccccc2)cc1. The highest BCUT2D eigenvalue weighted by atomic mass is 32.2. The molecule has 1 heterocycles. The van der Waals surface area contributed by atoms with E-state index in [4.69, 9.17) is 0 Å². The van der Waals surface area contributed by atoms with Crippen LogP contribution in [0.4, 0.5) is 5.69 Å². The van der Waals surface area contributed by atoms with E-state index in [-0.39, 0.29) is 17.3 Å². The number of aryl methyl sites for hydroxylation is 1. The normalized spacial score (nSPS) is 10.7. The molecule has 0 radical (unpaired) electrons. The van der Waals surface area contributed by atoms with E-state index in [9.17, 15) is 9.59 Å². The van der Waals surface area contributed by atoms with Crippen LogP contribution in [0.3, 0.4) is 0 Å². The maximum Gasteiger partial charge on any atom is 0.343 e. The quantitative estimate of drug-likeness (QED) is 0.411. The van der Waals surface area contributed by atoms with Gasteiger partial charge in [-0.2, -0.15) is 0 Å². The van der Waals surface area contributed by atoms with Gasteiger partial charge in [0.2, 0.25) is 5.91 Å². The third-order valence-corrected chi connectivity index (χ3v) is 5.77. The van der Waals surface area contributed by atoms with Crippen molar-refractivity contribution >= 4 is 23.4 Å². The summed E-state index contributed by atoms with van der Waals surface area (Å²) in [5, 5.41) is 9.93. The Bertz CT molecular complexity index is 1190. The van der Waals surface area contributed by atoms with E-state index < -0.39 is 0 Å². The second-order valence-corrected chi connectivity index (χ2v) is 7.92. The van der Waals surface area contributed by atoms with E-state index in [1.807, 2.05) is 84.9 Å². The lowest BCUT2D eigenvalue weighted by Crippen LogP contribution is -2.20. The van der Waals surface area contributed by atoms with Crippen molar-refractivity contribution in [1.82, 2.24) is 14.8 Å². The van der Waals surface area contributed by atoms with E-state index in [1.54, 1.807) is 4.57 Å². The Balaban J connectivity index is 1.32. The highest BCUT2D eigenvalue weighted by Crippen LogP contribution is 2.21. The zero-order valence-corrected chi connectivity index (χ0v) is 17.6. The number of thioether (sulfide) groups is 1. The number of benzene rings is 3. The van der Waals surface area contributed by atoms with Crippen LogP contribution in [0.25, 0.3) is 11.1 Å². The van der Waals surface area contributed by atoms with Crippen molar-refractivity contribution in [3.63, 3.8) is 0 Å². The predicted molar refractivity (Wildman–Crippen MR) is 124 cm³/mol. The Morgan fingerprint density at radius 2 is 1.55 bits per heavy atom. The molecule has 0 unspecified atom stereocenters. The molecule has 4 aromatic rings. The van der Waals surface area contributed by atoms with Gasteiger partial charge in [-0.1, -0.05) is 84.6 Å². The van der Waals surface area contributed by atoms with Crippen molar-refractivity contribution in [2.45, 2.75) is 18.1 Å². The van der Waals surface area contributed by atoms with Crippen LogP contribution in [-0.2, 0) is 17.8 Å². The summed E-state index contributed by atoms with van der Waals surface area (Å²) in [6, 6.07) is 27.7. The minimum Gasteiger partial charge on any atom is -0.325 e. The topological polar surface area (TPSA) is 79.8 Å². The van der Waals surface area contributed by atoms with Crippen molar-refractivity contribution in [3.05, 3.63) is 101 Å². The van der Waals surface area contributed by atoms with Crippen molar-refractivity contribution in [1.29, 1.82) is 0 Å². The number of nitrogens with zero attached hydrogens (tertiary/aromatic N) is 2. The molecule has 4 rings (SSSR count). The second-order valence-electron chi connectivity index (χ2n) is 6.98. The summed E-state index contributed by atoms with van der Waals surface area (Å²) in [7, 11) is 0. The molecule has 0 spiro atoms. The fraction of sp³-hybridized carbons (Fsp3) is 0.125. The summed E-state index contributed by atoms with van der Waals surface area (Å²) in [6.07, 6.45) is 0.716. The standard InChI is InChI=1S/C24H22N4O2S/c29-22(25-21-13-11-20(12-14-21)19-9-5-2-6-10-19)17-31-24-27-26-23(30)28(24)16-15-18-7-3-1-4-8-18/h1-14H,15-17H2,(H,25,29)(H,26,30). The predicted octanol–water partition coefficient (Wildman–Crippen LogP) is 4.21. The van der Waals surface area contributed by atoms with E-state index in [2.05, 4.69) is 15.5 Å². The number of anilines is 1. The van der Waals surface area contributed by atoms with Gasteiger partial charge in [0.1, 0.15) is 0 Å². The lowest BCUT2D eigenvalue weighted by atomic mass is 10.1. The van der Waals surface area contributed by atoms with Crippen LogP contribution in [0.2, 0.25) is 0 Å². The molecule has 0 fully saturated rings. The average Bonchev–Trinajstić information content (AvgIpc) is 3.17. The van der Waals surface area contributed by atoms with Gasteiger partial charge in [0.25, 0.3) is 0 Å². The minimum atomic E-state index is -0.268. The van der Waals surface area contributed by atoms with Gasteiger partial charge in [-0.25, -0.2) is 9.89 Å². The highest BCUT2D eigenvalue weighted by Gasteiger charge is 2.12. The molecule has 0 aliphatic heterocycles. The third-order valence-electron chi connectivity index (χ3n) is 4.80. The highest BCUT2D eigenvalue weighted by molar-refractivity contribution is 7.99. The maximum absolute atomic E-state index is 12.4. The molecule has 0 aliphatic carbocycles. The molecule has 0 aliphatic rings. The molecule has 0 saturated carbocycles. The fourth-order valence-corrected chi connectivity index (χ4v) is 3.97. The number of H-pyrrole nitrogens is 1. The monoisotopic (exact) mass is 430 g/mol. The van der Waals surface area contributed by atoms with Crippen LogP contribution >= 0.6 is 11.8 Å². The lowest BCUT2D eigenvalue weighted by molar-refractivity contribution is -0.113. The first-order valence-electron chi connectivity index (χ1n) is 9.96. The summed E-state index contributed by atoms with van der Waals surface area (Å²) in [5.74, 6) is 0.0123. The van der Waals surface area contributed by atoms with E-state index >= 15 is 0 Å². The van der Waals surface area contributed by atoms with Crippen molar-refractivity contribution in [3.8, 4) is 11.1 Å². The zero-order valence-electron chi connectivity index (χ0n) is 16.8. The van der Waals surface area contributed by atoms with Gasteiger partial charge in [0, 0.05) is 12.2 Å². The molecular weight excluding hydrogens is 408 g/mol. The maximum atomic E-state index is 12.4. The van der Waals surface area contributed by atoms with Crippen molar-refractivity contribution in [2.24, 2.45) is 0 Å². The average molecular weight is 431 g/mol. The van der Waals surface area contributed by atoms with E-state index in [0.29, 0.717) is 18.1 Å². The van der Waals surface area contributed by atoms with E-state index in [1.165, 1.54) is 11.8 Å². The molecular formula is C24H22N4O2S. The molecule has 31 heavy (non-hydrogen) atoms. The van der Waals surface area contributed by atoms with Gasteiger partial charge in [-0.05, 0) is 35.2 Å². The molecule has 1 aromatic heterocycles. The summed E-state index contributed by atoms with van der Waals surface area (Å²) in [6.45, 7) is 0.504. The van der Waals surface area contributed by atoms with Crippen molar-refractivity contribution in [2.75, 3.05) is 11.1 Å². The molecule has 2 N–H and O–H groups in total. The lowest BCUT2D eigenvalue weighted by Gasteiger charge is -2.08. The summed E-state index contributed by atoms with van der Waals surface area (Å²) >= 11 is 1.24. The minimum absolute atomic E-state index is 0.150. The molecule has 0 saturated heterocycles. The molecule has 156 valence electrons. The first kappa shape index (κ1) is 20.7. The number of carbonyl (C=O) groups is 1. The first-order valence-corrected chi connectivity index (χ1v) is 10.9. The van der Waals surface area contributed by atoms with Gasteiger partial charge in [-0.15, -0.1) is 5.10 Å². The van der Waals surface area contributed by atoms with Crippen LogP contribution in [0.15, 0.2) is 94.9 Å². The smallest absolute Gasteiger partial charge is 0.325 e. The summed E-state index contributed by atoms with van der Waals surface area (Å²) in [5.41, 5.74) is 3.82. The van der Waals surface area contributed by atoms with Crippen LogP contribution in [0.5, 0.6) is 0 Å². The zero-order chi connectivity index (χ0) is 21.5. The van der Waals surface area contributed by atoms with Crippen LogP contribution in [0.1, 0.15) is 5.56 Å². The van der Waals surface area contributed by atoms with Gasteiger partial charge in [-0.3, -0.25) is 9.36 Å². The molecule has 3 aromatic carbocycles. The number of nitrogens with one attached hydrogen (secondary N) is 2. The van der Waals surface area contributed by atoms with Gasteiger partial charge >= 0.3 is 5.69 Å². The first-order chi connectivity index (χ1) is 15.2. The van der Waals surface area contributed by atoms with Gasteiger partial charge in [0.05, 0.1) is 5.75 Å². The van der Waals surface area contributed by atoms with Crippen LogP contribution < -0.4 is 11.0 Å². The number of rotatable bonds is 8. The van der Waals surface area contributed by atoms with Crippen LogP contribution in [-0.4, -0.2) is 26.4 Å². The molecule has 7 heteroatoms. The number of carbonyl (C=O) groups excluding carboxylic acids is 1. The Labute approximate surface area is 184 Å². The largest absolute Gasteiger partial charge is 0.343 e. The number of aromatic amines is 1. The Kier molecular flexibility index (Phi) is 6.64. The third kappa shape index (κ3) is 5.52. The van der Waals surface area contributed by atoms with Gasteiger partial charge in [0.15, 0.2) is 5.16 Å². The number of hydrogen-bond acceptors (Lipinski definition) is 4. The number of hydrogen-bond donors (Lipinski definition) is 2. The molecule has 0 atom stereocenters. The molecule has 1 amide bonds.